The summed E-state index contributed by atoms with van der Waals surface area (Å²) in [5, 5.41) is 8.44. The van der Waals surface area contributed by atoms with Crippen LogP contribution in [0, 0.1) is 0 Å². The van der Waals surface area contributed by atoms with E-state index in [9.17, 15) is 9.59 Å². The second-order valence-corrected chi connectivity index (χ2v) is 1.59. The molecule has 0 saturated heterocycles. The van der Waals surface area contributed by atoms with E-state index in [1.807, 2.05) is 0 Å². The van der Waals surface area contributed by atoms with Crippen molar-refractivity contribution in [3.05, 3.63) is 0 Å². The van der Waals surface area contributed by atoms with Crippen molar-refractivity contribution in [1.82, 2.24) is 6.15 Å². The molecule has 0 aromatic carbocycles. The Hall–Kier alpha value is -0.0569. The Morgan fingerprint density at radius 3 is 1.91 bits per heavy atom. The molecule has 0 heterocycles. The maximum Gasteiger partial charge on any atom is 0.342 e. The van der Waals surface area contributed by atoms with Crippen LogP contribution in [0.15, 0.2) is 0 Å². The monoisotopic (exact) mass is 239 g/mol. The first-order chi connectivity index (χ1) is 4.04. The molecule has 0 aliphatic carbocycles. The van der Waals surface area contributed by atoms with Crippen LogP contribution in [0.5, 0.6) is 0 Å². The number of aliphatic hydroxyl groups is 1. The van der Waals surface area contributed by atoms with Crippen LogP contribution >= 0.6 is 0 Å². The van der Waals surface area contributed by atoms with E-state index in [1.54, 1.807) is 0 Å². The molecule has 0 aliphatic heterocycles. The van der Waals surface area contributed by atoms with E-state index in [1.165, 1.54) is 6.92 Å². The molecule has 0 radical (unpaired) electrons. The quantitative estimate of drug-likeness (QED) is 0.481. The second kappa shape index (κ2) is 8.04. The zero-order valence-electron chi connectivity index (χ0n) is 6.46. The van der Waals surface area contributed by atoms with Crippen LogP contribution in [-0.4, -0.2) is 23.1 Å². The van der Waals surface area contributed by atoms with Crippen molar-refractivity contribution >= 4 is 11.9 Å². The SMILES string of the molecule is CC(=O)OC(=O)C(C)O.N.[Zr]. The van der Waals surface area contributed by atoms with Gasteiger partial charge in [0.2, 0.25) is 0 Å². The van der Waals surface area contributed by atoms with Crippen molar-refractivity contribution < 1.29 is 45.6 Å². The van der Waals surface area contributed by atoms with Gasteiger partial charge >= 0.3 is 11.9 Å². The zero-order valence-corrected chi connectivity index (χ0v) is 8.91. The summed E-state index contributed by atoms with van der Waals surface area (Å²) in [6.07, 6.45) is -1.23. The molecule has 0 fully saturated rings. The standard InChI is InChI=1S/C5H8O4.H3N.Zr/c1-3(6)5(8)9-4(2)7;;/h3,6H,1-2H3;1H3;. The Balaban J connectivity index is -0.000000320. The van der Waals surface area contributed by atoms with E-state index in [2.05, 4.69) is 4.74 Å². The molecule has 6 heteroatoms. The van der Waals surface area contributed by atoms with Gasteiger partial charge in [-0.3, -0.25) is 4.79 Å². The molecular weight excluding hydrogens is 229 g/mol. The largest absolute Gasteiger partial charge is 0.391 e. The minimum absolute atomic E-state index is 0. The molecule has 0 rings (SSSR count). The van der Waals surface area contributed by atoms with Gasteiger partial charge in [-0.15, -0.1) is 0 Å². The van der Waals surface area contributed by atoms with Crippen LogP contribution in [0.1, 0.15) is 13.8 Å². The Morgan fingerprint density at radius 2 is 1.82 bits per heavy atom. The molecule has 1 unspecified atom stereocenters. The van der Waals surface area contributed by atoms with Crippen LogP contribution < -0.4 is 6.15 Å². The van der Waals surface area contributed by atoms with E-state index in [-0.39, 0.29) is 32.4 Å². The summed E-state index contributed by atoms with van der Waals surface area (Å²) in [6, 6.07) is 0. The molecule has 0 aromatic heterocycles. The van der Waals surface area contributed by atoms with Gasteiger partial charge in [0.1, 0.15) is 6.10 Å². The third-order valence-corrected chi connectivity index (χ3v) is 0.585. The first-order valence-electron chi connectivity index (χ1n) is 2.44. The Labute approximate surface area is 83.8 Å². The predicted molar refractivity (Wildman–Crippen MR) is 33.5 cm³/mol. The number of rotatable bonds is 1. The smallest absolute Gasteiger partial charge is 0.342 e. The fourth-order valence-electron chi connectivity index (χ4n) is 0.227. The van der Waals surface area contributed by atoms with Crippen molar-refractivity contribution in [3.8, 4) is 0 Å². The molecule has 1 atom stereocenters. The van der Waals surface area contributed by atoms with Crippen LogP contribution in [-0.2, 0) is 40.5 Å². The number of hydrogen-bond donors (Lipinski definition) is 2. The van der Waals surface area contributed by atoms with E-state index in [0.717, 1.165) is 6.92 Å². The number of hydrogen-bond acceptors (Lipinski definition) is 5. The van der Waals surface area contributed by atoms with E-state index < -0.39 is 18.0 Å². The summed E-state index contributed by atoms with van der Waals surface area (Å²) >= 11 is 0. The summed E-state index contributed by atoms with van der Waals surface area (Å²) in [4.78, 5) is 20.3. The summed E-state index contributed by atoms with van der Waals surface area (Å²) in [6.45, 7) is 2.32. The summed E-state index contributed by atoms with van der Waals surface area (Å²) in [7, 11) is 0. The van der Waals surface area contributed by atoms with Crippen molar-refractivity contribution in [1.29, 1.82) is 0 Å². The Kier molecular flexibility index (Phi) is 12.5. The molecule has 0 aliphatic rings. The van der Waals surface area contributed by atoms with Gasteiger partial charge < -0.3 is 16.0 Å². The van der Waals surface area contributed by atoms with E-state index >= 15 is 0 Å². The Bertz CT molecular complexity index is 136. The van der Waals surface area contributed by atoms with Crippen molar-refractivity contribution in [3.63, 3.8) is 0 Å². The molecule has 11 heavy (non-hydrogen) atoms. The topological polar surface area (TPSA) is 98.6 Å². The number of ether oxygens (including phenoxy) is 1. The van der Waals surface area contributed by atoms with Gasteiger partial charge in [0.05, 0.1) is 0 Å². The maximum atomic E-state index is 10.3. The third-order valence-electron chi connectivity index (χ3n) is 0.585. The van der Waals surface area contributed by atoms with Gasteiger partial charge in [-0.05, 0) is 6.92 Å². The van der Waals surface area contributed by atoms with Crippen LogP contribution in [0.4, 0.5) is 0 Å². The van der Waals surface area contributed by atoms with Crippen molar-refractivity contribution in [2.45, 2.75) is 20.0 Å². The van der Waals surface area contributed by atoms with Crippen LogP contribution in [0.3, 0.4) is 0 Å². The first kappa shape index (κ1) is 17.1. The van der Waals surface area contributed by atoms with Gasteiger partial charge in [0.25, 0.3) is 0 Å². The molecule has 0 amide bonds. The molecule has 5 nitrogen and oxygen atoms in total. The summed E-state index contributed by atoms with van der Waals surface area (Å²) < 4.78 is 3.98. The number of carbonyl (C=O) groups is 2. The fourth-order valence-corrected chi connectivity index (χ4v) is 0.227. The molecule has 0 saturated carbocycles. The number of carbonyl (C=O) groups excluding carboxylic acids is 2. The normalized spacial score (nSPS) is 10.1. The molecule has 4 N–H and O–H groups in total. The number of aliphatic hydroxyl groups excluding tert-OH is 1. The summed E-state index contributed by atoms with van der Waals surface area (Å²) in [5.41, 5.74) is 0. The third kappa shape index (κ3) is 9.94. The minimum Gasteiger partial charge on any atom is -0.391 e. The van der Waals surface area contributed by atoms with Gasteiger partial charge in [-0.2, -0.15) is 0 Å². The average Bonchev–Trinajstić information content (AvgIpc) is 1.63. The Morgan fingerprint density at radius 1 is 1.45 bits per heavy atom. The van der Waals surface area contributed by atoms with Gasteiger partial charge in [0, 0.05) is 33.1 Å². The van der Waals surface area contributed by atoms with Crippen molar-refractivity contribution in [2.75, 3.05) is 0 Å². The van der Waals surface area contributed by atoms with Gasteiger partial charge in [-0.1, -0.05) is 0 Å². The molecule has 0 bridgehead atoms. The van der Waals surface area contributed by atoms with E-state index in [4.69, 9.17) is 5.11 Å². The van der Waals surface area contributed by atoms with Crippen LogP contribution in [0.2, 0.25) is 0 Å². The minimum atomic E-state index is -1.23. The maximum absolute atomic E-state index is 10.3. The fraction of sp³-hybridized carbons (Fsp3) is 0.600. The van der Waals surface area contributed by atoms with Gasteiger partial charge in [-0.25, -0.2) is 4.79 Å². The van der Waals surface area contributed by atoms with Crippen LogP contribution in [0.25, 0.3) is 0 Å². The van der Waals surface area contributed by atoms with E-state index in [0.29, 0.717) is 0 Å². The first-order valence-corrected chi connectivity index (χ1v) is 2.44. The van der Waals surface area contributed by atoms with Crippen molar-refractivity contribution in [2.24, 2.45) is 0 Å². The van der Waals surface area contributed by atoms with Gasteiger partial charge in [0.15, 0.2) is 0 Å². The molecule has 64 valence electrons. The number of esters is 2. The average molecular weight is 240 g/mol. The molecule has 0 aromatic rings. The summed E-state index contributed by atoms with van der Waals surface area (Å²) in [5.74, 6) is -1.62. The molecular formula is C5H11NO4Zr. The molecule has 0 spiro atoms. The predicted octanol–water partition coefficient (Wildman–Crippen LogP) is -0.384. The zero-order chi connectivity index (χ0) is 7.44. The second-order valence-electron chi connectivity index (χ2n) is 1.59.